The summed E-state index contributed by atoms with van der Waals surface area (Å²) in [6.07, 6.45) is 4.33. The second-order valence-corrected chi connectivity index (χ2v) is 7.34. The van der Waals surface area contributed by atoms with E-state index in [-0.39, 0.29) is 6.04 Å². The first-order valence-electron chi connectivity index (χ1n) is 9.13. The molecule has 0 saturated carbocycles. The topological polar surface area (TPSA) is 77.2 Å². The van der Waals surface area contributed by atoms with E-state index in [1.807, 2.05) is 37.2 Å². The lowest BCUT2D eigenvalue weighted by Gasteiger charge is -2.19. The Morgan fingerprint density at radius 2 is 1.93 bits per heavy atom. The van der Waals surface area contributed by atoms with Gasteiger partial charge in [0.1, 0.15) is 17.4 Å². The van der Waals surface area contributed by atoms with Gasteiger partial charge in [-0.1, -0.05) is 19.9 Å². The molecule has 2 N–H and O–H groups in total. The number of rotatable bonds is 6. The molecule has 1 unspecified atom stereocenters. The van der Waals surface area contributed by atoms with Gasteiger partial charge in [0.05, 0.1) is 24.9 Å². The fourth-order valence-corrected chi connectivity index (χ4v) is 3.20. The number of pyridine rings is 1. The summed E-state index contributed by atoms with van der Waals surface area (Å²) in [5.41, 5.74) is 9.26. The molecule has 0 amide bonds. The zero-order chi connectivity index (χ0) is 19.6. The molecular formula is C21H27N5O. The molecule has 3 aromatic rings. The molecule has 27 heavy (non-hydrogen) atoms. The van der Waals surface area contributed by atoms with Gasteiger partial charge in [-0.2, -0.15) is 0 Å². The van der Waals surface area contributed by atoms with E-state index in [0.717, 1.165) is 40.0 Å². The Balaban J connectivity index is 2.15. The molecule has 0 saturated heterocycles. The summed E-state index contributed by atoms with van der Waals surface area (Å²) in [5, 5.41) is 0.983. The first-order chi connectivity index (χ1) is 12.9. The Morgan fingerprint density at radius 1 is 1.15 bits per heavy atom. The van der Waals surface area contributed by atoms with Crippen LogP contribution in [0.15, 0.2) is 36.7 Å². The molecule has 0 aliphatic carbocycles. The van der Waals surface area contributed by atoms with Crippen LogP contribution in [0.4, 0.5) is 5.82 Å². The van der Waals surface area contributed by atoms with Crippen LogP contribution in [-0.4, -0.2) is 36.2 Å². The van der Waals surface area contributed by atoms with Crippen LogP contribution >= 0.6 is 0 Å². The van der Waals surface area contributed by atoms with Gasteiger partial charge in [-0.25, -0.2) is 9.97 Å². The van der Waals surface area contributed by atoms with Crippen LogP contribution < -0.4 is 15.4 Å². The van der Waals surface area contributed by atoms with Crippen molar-refractivity contribution < 1.29 is 4.74 Å². The van der Waals surface area contributed by atoms with Crippen LogP contribution in [0.3, 0.4) is 0 Å². The minimum Gasteiger partial charge on any atom is -0.494 e. The summed E-state index contributed by atoms with van der Waals surface area (Å²) in [4.78, 5) is 15.7. The van der Waals surface area contributed by atoms with Crippen molar-refractivity contribution in [2.75, 3.05) is 26.1 Å². The quantitative estimate of drug-likeness (QED) is 0.716. The number of nitrogens with two attached hydrogens (primary N) is 1. The predicted molar refractivity (Wildman–Crippen MR) is 110 cm³/mol. The number of ether oxygens (including phenoxy) is 1. The van der Waals surface area contributed by atoms with Crippen LogP contribution in [-0.2, 0) is 0 Å². The first kappa shape index (κ1) is 19.0. The van der Waals surface area contributed by atoms with Crippen molar-refractivity contribution >= 4 is 16.7 Å². The van der Waals surface area contributed by atoms with Crippen molar-refractivity contribution in [3.63, 3.8) is 0 Å². The summed E-state index contributed by atoms with van der Waals surface area (Å²) >= 11 is 0. The van der Waals surface area contributed by atoms with Gasteiger partial charge in [-0.15, -0.1) is 0 Å². The Bertz CT molecular complexity index is 939. The van der Waals surface area contributed by atoms with E-state index < -0.39 is 0 Å². The zero-order valence-electron chi connectivity index (χ0n) is 16.6. The zero-order valence-corrected chi connectivity index (χ0v) is 16.6. The third-order valence-corrected chi connectivity index (χ3v) is 4.49. The number of aromatic nitrogens is 3. The monoisotopic (exact) mass is 365 g/mol. The number of nitrogens with zero attached hydrogens (tertiary/aromatic N) is 4. The maximum absolute atomic E-state index is 6.35. The molecule has 0 fully saturated rings. The van der Waals surface area contributed by atoms with Gasteiger partial charge in [0.15, 0.2) is 0 Å². The maximum atomic E-state index is 6.35. The van der Waals surface area contributed by atoms with Crippen molar-refractivity contribution in [1.29, 1.82) is 0 Å². The lowest BCUT2D eigenvalue weighted by molar-refractivity contribution is 0.414. The fourth-order valence-electron chi connectivity index (χ4n) is 3.20. The molecule has 1 atom stereocenters. The summed E-state index contributed by atoms with van der Waals surface area (Å²) in [7, 11) is 5.62. The van der Waals surface area contributed by atoms with Crippen LogP contribution in [0.2, 0.25) is 0 Å². The Morgan fingerprint density at radius 3 is 2.59 bits per heavy atom. The van der Waals surface area contributed by atoms with E-state index in [0.29, 0.717) is 11.7 Å². The van der Waals surface area contributed by atoms with Crippen molar-refractivity contribution in [2.45, 2.75) is 26.3 Å². The molecule has 0 spiro atoms. The summed E-state index contributed by atoms with van der Waals surface area (Å²) < 4.78 is 5.46. The average molecular weight is 365 g/mol. The van der Waals surface area contributed by atoms with Gasteiger partial charge in [-0.05, 0) is 36.1 Å². The third kappa shape index (κ3) is 4.01. The number of fused-ring (bicyclic) bond motifs is 1. The van der Waals surface area contributed by atoms with E-state index in [9.17, 15) is 0 Å². The molecule has 6 nitrogen and oxygen atoms in total. The van der Waals surface area contributed by atoms with Gasteiger partial charge >= 0.3 is 0 Å². The molecule has 2 aromatic heterocycles. The lowest BCUT2D eigenvalue weighted by atomic mass is 10.0. The molecule has 3 rings (SSSR count). The second-order valence-electron chi connectivity index (χ2n) is 7.34. The SMILES string of the molecule is COc1cnccc1-c1ccc2nc(C(N)CC(C)C)nc(N(C)C)c2c1. The van der Waals surface area contributed by atoms with Crippen LogP contribution in [0.5, 0.6) is 5.75 Å². The number of methoxy groups -OCH3 is 1. The smallest absolute Gasteiger partial charge is 0.148 e. The van der Waals surface area contributed by atoms with E-state index in [1.54, 1.807) is 19.5 Å². The van der Waals surface area contributed by atoms with Gasteiger partial charge in [0.2, 0.25) is 0 Å². The number of anilines is 1. The van der Waals surface area contributed by atoms with E-state index in [1.165, 1.54) is 0 Å². The average Bonchev–Trinajstić information content (AvgIpc) is 2.65. The molecule has 1 aromatic carbocycles. The highest BCUT2D eigenvalue weighted by atomic mass is 16.5. The minimum atomic E-state index is -0.173. The molecule has 0 aliphatic heterocycles. The van der Waals surface area contributed by atoms with Crippen molar-refractivity contribution in [1.82, 2.24) is 15.0 Å². The second kappa shape index (κ2) is 7.88. The molecule has 0 radical (unpaired) electrons. The van der Waals surface area contributed by atoms with E-state index in [2.05, 4.69) is 24.9 Å². The lowest BCUT2D eigenvalue weighted by Crippen LogP contribution is -2.19. The normalized spacial score (nSPS) is 12.4. The van der Waals surface area contributed by atoms with Gasteiger partial charge < -0.3 is 15.4 Å². The van der Waals surface area contributed by atoms with Crippen LogP contribution in [0, 0.1) is 5.92 Å². The Hall–Kier alpha value is -2.73. The highest BCUT2D eigenvalue weighted by Gasteiger charge is 2.17. The Kier molecular flexibility index (Phi) is 5.56. The predicted octanol–water partition coefficient (Wildman–Crippen LogP) is 3.81. The van der Waals surface area contributed by atoms with Crippen LogP contribution in [0.25, 0.3) is 22.0 Å². The molecule has 0 aliphatic rings. The van der Waals surface area contributed by atoms with Crippen LogP contribution in [0.1, 0.15) is 32.1 Å². The van der Waals surface area contributed by atoms with Crippen molar-refractivity contribution in [3.8, 4) is 16.9 Å². The van der Waals surface area contributed by atoms with Gasteiger partial charge in [0, 0.05) is 31.2 Å². The molecule has 0 bridgehead atoms. The van der Waals surface area contributed by atoms with E-state index in [4.69, 9.17) is 20.4 Å². The fraction of sp³-hybridized carbons (Fsp3) is 0.381. The molecule has 6 heteroatoms. The highest BCUT2D eigenvalue weighted by molar-refractivity contribution is 5.93. The van der Waals surface area contributed by atoms with E-state index >= 15 is 0 Å². The number of hydrogen-bond donors (Lipinski definition) is 1. The summed E-state index contributed by atoms with van der Waals surface area (Å²) in [6, 6.07) is 7.94. The summed E-state index contributed by atoms with van der Waals surface area (Å²) in [6.45, 7) is 4.31. The van der Waals surface area contributed by atoms with Crippen molar-refractivity contribution in [3.05, 3.63) is 42.5 Å². The highest BCUT2D eigenvalue weighted by Crippen LogP contribution is 2.33. The Labute approximate surface area is 160 Å². The first-order valence-corrected chi connectivity index (χ1v) is 9.13. The van der Waals surface area contributed by atoms with Gasteiger partial charge in [0.25, 0.3) is 0 Å². The standard InChI is InChI=1S/C21H27N5O/c1-13(2)10-17(22)20-24-18-7-6-14(11-16(18)21(25-20)26(3)4)15-8-9-23-12-19(15)27-5/h6-9,11-13,17H,10,22H2,1-5H3. The maximum Gasteiger partial charge on any atom is 0.148 e. The molecule has 142 valence electrons. The minimum absolute atomic E-state index is 0.173. The number of hydrogen-bond acceptors (Lipinski definition) is 6. The number of benzene rings is 1. The largest absolute Gasteiger partial charge is 0.494 e. The molecular weight excluding hydrogens is 338 g/mol. The third-order valence-electron chi connectivity index (χ3n) is 4.49. The molecule has 2 heterocycles. The summed E-state index contributed by atoms with van der Waals surface area (Å²) in [5.74, 6) is 2.78. The van der Waals surface area contributed by atoms with Crippen molar-refractivity contribution in [2.24, 2.45) is 11.7 Å². The van der Waals surface area contributed by atoms with Gasteiger partial charge in [-0.3, -0.25) is 4.98 Å².